The molecule has 0 aromatic carbocycles. The van der Waals surface area contributed by atoms with Crippen molar-refractivity contribution >= 4 is 83.1 Å². The van der Waals surface area contributed by atoms with E-state index < -0.39 is 34.8 Å². The first-order valence-electron chi connectivity index (χ1n) is 12.1. The molecule has 2 aromatic heterocycles. The fraction of sp³-hybridized carbons (Fsp3) is 0.455. The summed E-state index contributed by atoms with van der Waals surface area (Å²) >= 11 is 17.5. The first-order valence-corrected chi connectivity index (χ1v) is 14.9. The van der Waals surface area contributed by atoms with Gasteiger partial charge in [-0.2, -0.15) is 0 Å². The lowest BCUT2D eigenvalue weighted by Gasteiger charge is -2.51. The molecule has 1 saturated carbocycles. The summed E-state index contributed by atoms with van der Waals surface area (Å²) < 4.78 is 2.05. The van der Waals surface area contributed by atoms with Crippen molar-refractivity contribution < 1.29 is 14.7 Å². The van der Waals surface area contributed by atoms with Crippen molar-refractivity contribution in [2.45, 2.75) is 28.8 Å². The van der Waals surface area contributed by atoms with Gasteiger partial charge in [-0.3, -0.25) is 9.59 Å². The predicted octanol–water partition coefficient (Wildman–Crippen LogP) is 0.630. The Morgan fingerprint density at radius 2 is 1.97 bits per heavy atom. The average molecular weight is 750 g/mol. The minimum Gasteiger partial charge on any atom is -0.370 e. The Bertz CT molecular complexity index is 1490. The van der Waals surface area contributed by atoms with Crippen LogP contribution in [0.25, 0.3) is 0 Å². The number of hydrogen-bond acceptors (Lipinski definition) is 9. The molecule has 1 aliphatic carbocycles. The minimum atomic E-state index is -1.31. The van der Waals surface area contributed by atoms with Gasteiger partial charge in [-0.15, -0.1) is 11.6 Å². The van der Waals surface area contributed by atoms with Crippen molar-refractivity contribution in [2.75, 3.05) is 13.1 Å². The first kappa shape index (κ1) is 25.7. The highest BCUT2D eigenvalue weighted by Crippen LogP contribution is 2.64. The zero-order valence-corrected chi connectivity index (χ0v) is 25.3. The van der Waals surface area contributed by atoms with Crippen LogP contribution in [0.3, 0.4) is 0 Å². The predicted molar refractivity (Wildman–Crippen MR) is 152 cm³/mol. The third-order valence-corrected chi connectivity index (χ3v) is 11.9. The summed E-state index contributed by atoms with van der Waals surface area (Å²) in [6.07, 6.45) is 0.391. The fourth-order valence-corrected chi connectivity index (χ4v) is 9.20. The molecule has 13 nitrogen and oxygen atoms in total. The number of aliphatic imine (C=N–C) groups is 2. The lowest BCUT2D eigenvalue weighted by molar-refractivity contribution is -0.0124. The van der Waals surface area contributed by atoms with E-state index >= 15 is 0 Å². The number of nitrogens with zero attached hydrogens (tertiary/aromatic N) is 3. The molecule has 10 N–H and O–H groups in total. The second-order valence-electron chi connectivity index (χ2n) is 10.4. The van der Waals surface area contributed by atoms with E-state index in [1.807, 2.05) is 0 Å². The van der Waals surface area contributed by atoms with E-state index in [0.29, 0.717) is 30.5 Å². The second kappa shape index (κ2) is 8.38. The van der Waals surface area contributed by atoms with Gasteiger partial charge in [-0.1, -0.05) is 0 Å². The van der Waals surface area contributed by atoms with Crippen molar-refractivity contribution in [3.63, 3.8) is 0 Å². The molecule has 17 heteroatoms. The van der Waals surface area contributed by atoms with Crippen LogP contribution < -0.4 is 27.4 Å². The van der Waals surface area contributed by atoms with Crippen LogP contribution in [0.1, 0.15) is 32.6 Å². The van der Waals surface area contributed by atoms with Gasteiger partial charge in [-0.05, 0) is 59.8 Å². The number of nitrogens with two attached hydrogens (primary N) is 2. The van der Waals surface area contributed by atoms with E-state index in [1.165, 1.54) is 0 Å². The Hall–Kier alpha value is -2.27. The summed E-state index contributed by atoms with van der Waals surface area (Å²) in [6.45, 7) is 0.456. The smallest absolute Gasteiger partial charge is 0.272 e. The van der Waals surface area contributed by atoms with E-state index in [9.17, 15) is 14.7 Å². The van der Waals surface area contributed by atoms with Gasteiger partial charge in [0.1, 0.15) is 28.6 Å². The normalized spacial score (nSPS) is 37.6. The Morgan fingerprint density at radius 3 is 2.64 bits per heavy atom. The Morgan fingerprint density at radius 1 is 1.23 bits per heavy atom. The van der Waals surface area contributed by atoms with Crippen LogP contribution in [0.2, 0.25) is 0 Å². The molecule has 7 rings (SSSR count). The third-order valence-electron chi connectivity index (χ3n) is 8.76. The molecule has 39 heavy (non-hydrogen) atoms. The van der Waals surface area contributed by atoms with Crippen LogP contribution in [0, 0.1) is 17.8 Å². The number of fused-ring (bicyclic) bond motifs is 4. The van der Waals surface area contributed by atoms with Crippen molar-refractivity contribution in [3.05, 3.63) is 42.8 Å². The Balaban J connectivity index is 1.32. The highest BCUT2D eigenvalue weighted by molar-refractivity contribution is 9.13. The number of nitrogens with one attached hydrogen (secondary N) is 5. The molecule has 0 bridgehead atoms. The quantitative estimate of drug-likeness (QED) is 0.210. The summed E-state index contributed by atoms with van der Waals surface area (Å²) in [7, 11) is 0. The number of amides is 2. The summed E-state index contributed by atoms with van der Waals surface area (Å²) in [6, 6.07) is 1.07. The number of aliphatic hydroxyl groups is 1. The maximum absolute atomic E-state index is 13.9. The molecular formula is C22H22Br3ClN10O3. The van der Waals surface area contributed by atoms with Crippen LogP contribution in [-0.2, 0) is 0 Å². The van der Waals surface area contributed by atoms with Crippen LogP contribution in [0.15, 0.2) is 35.8 Å². The molecule has 2 fully saturated rings. The van der Waals surface area contributed by atoms with E-state index in [1.54, 1.807) is 17.2 Å². The number of carbonyl (C=O) groups excluding carboxylic acids is 2. The van der Waals surface area contributed by atoms with Gasteiger partial charge < -0.3 is 47.4 Å². The summed E-state index contributed by atoms with van der Waals surface area (Å²) in [5.41, 5.74) is 11.4. The van der Waals surface area contributed by atoms with E-state index in [2.05, 4.69) is 78.7 Å². The molecule has 5 aliphatic rings. The molecule has 6 heterocycles. The van der Waals surface area contributed by atoms with E-state index in [0.717, 1.165) is 0 Å². The summed E-state index contributed by atoms with van der Waals surface area (Å²) in [4.78, 5) is 43.6. The topological polar surface area (TPSA) is 202 Å². The van der Waals surface area contributed by atoms with Crippen molar-refractivity contribution in [1.29, 1.82) is 0 Å². The number of guanidine groups is 2. The average Bonchev–Trinajstić information content (AvgIpc) is 3.68. The van der Waals surface area contributed by atoms with Gasteiger partial charge in [-0.25, -0.2) is 9.98 Å². The van der Waals surface area contributed by atoms with Crippen molar-refractivity contribution in [2.24, 2.45) is 39.2 Å². The number of hydrogen-bond donors (Lipinski definition) is 8. The number of aromatic amines is 2. The SMILES string of the molecule is NC1=N[C@@H](O)[C@@]2(N1)[C@@H](Cl)[C@H](CNC(=O)c1cc(Br)c(Br)[nH]1)[C@H]1CN3C(=O)c4[nH]cc(Br)c4[C@@H]4N=C(N)N[C@@]43[C@@H]12. The number of aromatic nitrogens is 2. The van der Waals surface area contributed by atoms with Gasteiger partial charge in [0.25, 0.3) is 11.8 Å². The monoisotopic (exact) mass is 746 g/mol. The third kappa shape index (κ3) is 3.14. The van der Waals surface area contributed by atoms with Gasteiger partial charge in [0.2, 0.25) is 0 Å². The number of alkyl halides is 1. The summed E-state index contributed by atoms with van der Waals surface area (Å²) in [5, 5.41) is 20.1. The number of H-pyrrole nitrogens is 2. The van der Waals surface area contributed by atoms with Gasteiger partial charge in [0.15, 0.2) is 18.1 Å². The standard InChI is InChI=1S/C22H22Br3ClN10O3/c23-7-1-9(31-15(7)25)16(37)30-2-5-6-4-36-17(38)11-10(8(24)3-29-11)14-22(36,35-19(27)32-14)12(6)21(13(5)26)18(39)33-20(28)34-21/h1,3,5-6,12-14,18,29,31,39H,2,4H2,(H,30,37)(H3,27,32,35)(H3,28,33,34)/t5-,6-,12+,13+,14+,18+,21+,22-/m1/s1. The largest absolute Gasteiger partial charge is 0.370 e. The van der Waals surface area contributed by atoms with Crippen molar-refractivity contribution in [1.82, 2.24) is 30.8 Å². The molecule has 2 spiro atoms. The maximum atomic E-state index is 13.9. The highest BCUT2D eigenvalue weighted by atomic mass is 79.9. The molecular weight excluding hydrogens is 727 g/mol. The van der Waals surface area contributed by atoms with Gasteiger partial charge >= 0.3 is 0 Å². The molecule has 2 aromatic rings. The zero-order chi connectivity index (χ0) is 27.6. The number of carbonyl (C=O) groups is 2. The lowest BCUT2D eigenvalue weighted by Crippen LogP contribution is -2.73. The zero-order valence-electron chi connectivity index (χ0n) is 19.8. The molecule has 1 saturated heterocycles. The van der Waals surface area contributed by atoms with Crippen LogP contribution in [0.5, 0.6) is 0 Å². The van der Waals surface area contributed by atoms with Gasteiger partial charge in [0, 0.05) is 41.2 Å². The van der Waals surface area contributed by atoms with Crippen molar-refractivity contribution in [3.8, 4) is 0 Å². The van der Waals surface area contributed by atoms with E-state index in [-0.39, 0.29) is 48.7 Å². The molecule has 2 amide bonds. The number of halogens is 4. The van der Waals surface area contributed by atoms with Crippen LogP contribution in [0.4, 0.5) is 0 Å². The summed E-state index contributed by atoms with van der Waals surface area (Å²) in [5.74, 6) is -1.57. The second-order valence-corrected chi connectivity index (χ2v) is 13.4. The number of rotatable bonds is 3. The minimum absolute atomic E-state index is 0.0432. The Labute approximate surface area is 251 Å². The van der Waals surface area contributed by atoms with Crippen LogP contribution in [-0.4, -0.2) is 79.6 Å². The highest BCUT2D eigenvalue weighted by Gasteiger charge is 2.79. The maximum Gasteiger partial charge on any atom is 0.272 e. The molecule has 206 valence electrons. The molecule has 0 radical (unpaired) electrons. The van der Waals surface area contributed by atoms with Crippen LogP contribution >= 0.6 is 59.4 Å². The molecule has 4 aliphatic heterocycles. The van der Waals surface area contributed by atoms with Gasteiger partial charge in [0.05, 0.1) is 14.5 Å². The Kier molecular flexibility index (Phi) is 5.52. The number of aliphatic hydroxyl groups excluding tert-OH is 1. The fourth-order valence-electron chi connectivity index (χ4n) is 7.43. The molecule has 8 atom stereocenters. The van der Waals surface area contributed by atoms with E-state index in [4.69, 9.17) is 28.1 Å². The molecule has 0 unspecified atom stereocenters. The lowest BCUT2D eigenvalue weighted by atomic mass is 9.70. The first-order chi connectivity index (χ1) is 18.5.